The second kappa shape index (κ2) is 9.69. The standard InChI is InChI=1S/C23H26N4O4S/c24-17-18-4-6-19(7-5-18)23(28)25-21-16-20(32(29,30)27-12-14-31-15-13-27)8-9-22(21)26-10-2-1-3-11-26/h4-9,16H,1-3,10-15H2,(H,25,28). The third-order valence-corrected chi connectivity index (χ3v) is 7.69. The Morgan fingerprint density at radius 3 is 2.31 bits per heavy atom. The van der Waals surface area contributed by atoms with E-state index in [0.717, 1.165) is 38.0 Å². The number of nitriles is 1. The van der Waals surface area contributed by atoms with Crippen LogP contribution in [-0.2, 0) is 14.8 Å². The molecular weight excluding hydrogens is 428 g/mol. The van der Waals surface area contributed by atoms with Crippen molar-refractivity contribution >= 4 is 27.3 Å². The summed E-state index contributed by atoms with van der Waals surface area (Å²) in [6, 6.07) is 13.3. The summed E-state index contributed by atoms with van der Waals surface area (Å²) >= 11 is 0. The molecule has 0 atom stereocenters. The molecule has 2 saturated heterocycles. The third-order valence-electron chi connectivity index (χ3n) is 5.80. The molecule has 0 aromatic heterocycles. The van der Waals surface area contributed by atoms with Gasteiger partial charge in [0.15, 0.2) is 0 Å². The van der Waals surface area contributed by atoms with Crippen molar-refractivity contribution in [2.45, 2.75) is 24.2 Å². The number of ether oxygens (including phenoxy) is 1. The maximum atomic E-state index is 13.2. The van der Waals surface area contributed by atoms with Gasteiger partial charge in [0.1, 0.15) is 0 Å². The molecule has 0 saturated carbocycles. The number of hydrogen-bond donors (Lipinski definition) is 1. The highest BCUT2D eigenvalue weighted by Crippen LogP contribution is 2.32. The molecule has 8 nitrogen and oxygen atoms in total. The van der Waals surface area contributed by atoms with Crippen molar-refractivity contribution in [2.75, 3.05) is 49.6 Å². The molecule has 0 spiro atoms. The molecule has 9 heteroatoms. The van der Waals surface area contributed by atoms with Gasteiger partial charge in [-0.05, 0) is 61.7 Å². The van der Waals surface area contributed by atoms with E-state index in [0.29, 0.717) is 43.1 Å². The van der Waals surface area contributed by atoms with E-state index in [4.69, 9.17) is 10.00 Å². The van der Waals surface area contributed by atoms with Crippen LogP contribution in [0.4, 0.5) is 11.4 Å². The van der Waals surface area contributed by atoms with Gasteiger partial charge in [-0.2, -0.15) is 9.57 Å². The Labute approximate surface area is 188 Å². The Morgan fingerprint density at radius 1 is 0.969 bits per heavy atom. The van der Waals surface area contributed by atoms with E-state index in [9.17, 15) is 13.2 Å². The summed E-state index contributed by atoms with van der Waals surface area (Å²) in [6.07, 6.45) is 3.26. The lowest BCUT2D eigenvalue weighted by Gasteiger charge is -2.31. The van der Waals surface area contributed by atoms with E-state index >= 15 is 0 Å². The molecule has 168 valence electrons. The van der Waals surface area contributed by atoms with Crippen LogP contribution in [0.3, 0.4) is 0 Å². The van der Waals surface area contributed by atoms with Crippen molar-refractivity contribution in [3.63, 3.8) is 0 Å². The van der Waals surface area contributed by atoms with Crippen molar-refractivity contribution in [1.29, 1.82) is 5.26 Å². The topological polar surface area (TPSA) is 103 Å². The highest BCUT2D eigenvalue weighted by Gasteiger charge is 2.28. The number of rotatable bonds is 5. The molecule has 2 aliphatic rings. The van der Waals surface area contributed by atoms with Crippen LogP contribution >= 0.6 is 0 Å². The predicted octanol–water partition coefficient (Wildman–Crippen LogP) is 2.82. The van der Waals surface area contributed by atoms with E-state index in [1.165, 1.54) is 4.31 Å². The minimum absolute atomic E-state index is 0.148. The van der Waals surface area contributed by atoms with Crippen molar-refractivity contribution in [3.05, 3.63) is 53.6 Å². The largest absolute Gasteiger partial charge is 0.379 e. The van der Waals surface area contributed by atoms with Gasteiger partial charge in [-0.25, -0.2) is 8.42 Å². The highest BCUT2D eigenvalue weighted by molar-refractivity contribution is 7.89. The maximum absolute atomic E-state index is 13.2. The van der Waals surface area contributed by atoms with E-state index in [2.05, 4.69) is 10.2 Å². The summed E-state index contributed by atoms with van der Waals surface area (Å²) in [6.45, 7) is 3.07. The fourth-order valence-electron chi connectivity index (χ4n) is 4.01. The first-order chi connectivity index (χ1) is 15.5. The number of hydrogen-bond acceptors (Lipinski definition) is 6. The van der Waals surface area contributed by atoms with Gasteiger partial charge in [0.05, 0.1) is 41.1 Å². The molecule has 0 radical (unpaired) electrons. The number of anilines is 2. The highest BCUT2D eigenvalue weighted by atomic mass is 32.2. The molecule has 2 fully saturated rings. The van der Waals surface area contributed by atoms with Crippen LogP contribution in [0.25, 0.3) is 0 Å². The van der Waals surface area contributed by atoms with Gasteiger partial charge in [0.25, 0.3) is 5.91 Å². The zero-order valence-electron chi connectivity index (χ0n) is 17.8. The molecule has 0 unspecified atom stereocenters. The van der Waals surface area contributed by atoms with Gasteiger partial charge in [-0.3, -0.25) is 4.79 Å². The molecular formula is C23H26N4O4S. The van der Waals surface area contributed by atoms with Crippen LogP contribution in [-0.4, -0.2) is 58.0 Å². The fraction of sp³-hybridized carbons (Fsp3) is 0.391. The molecule has 2 aromatic rings. The Bertz CT molecular complexity index is 1110. The Hall–Kier alpha value is -2.93. The van der Waals surface area contributed by atoms with Crippen molar-refractivity contribution in [3.8, 4) is 6.07 Å². The average molecular weight is 455 g/mol. The number of amides is 1. The SMILES string of the molecule is N#Cc1ccc(C(=O)Nc2cc(S(=O)(=O)N3CCOCC3)ccc2N2CCCCC2)cc1. The van der Waals surface area contributed by atoms with Crippen molar-refractivity contribution in [1.82, 2.24) is 4.31 Å². The van der Waals surface area contributed by atoms with Gasteiger partial charge < -0.3 is 15.0 Å². The van der Waals surface area contributed by atoms with Gasteiger partial charge in [-0.15, -0.1) is 0 Å². The average Bonchev–Trinajstić information content (AvgIpc) is 2.85. The van der Waals surface area contributed by atoms with E-state index < -0.39 is 10.0 Å². The second-order valence-corrected chi connectivity index (χ2v) is 9.82. The van der Waals surface area contributed by atoms with Crippen LogP contribution < -0.4 is 10.2 Å². The smallest absolute Gasteiger partial charge is 0.255 e. The summed E-state index contributed by atoms with van der Waals surface area (Å²) in [5.74, 6) is -0.353. The van der Waals surface area contributed by atoms with Crippen LogP contribution in [0.5, 0.6) is 0 Å². The molecule has 1 N–H and O–H groups in total. The van der Waals surface area contributed by atoms with Crippen LogP contribution in [0, 0.1) is 11.3 Å². The normalized spacial score (nSPS) is 17.5. The Kier molecular flexibility index (Phi) is 6.74. The van der Waals surface area contributed by atoms with Gasteiger partial charge in [0, 0.05) is 31.7 Å². The molecule has 4 rings (SSSR count). The zero-order chi connectivity index (χ0) is 22.6. The number of nitrogens with zero attached hydrogens (tertiary/aromatic N) is 3. The van der Waals surface area contributed by atoms with E-state index in [1.807, 2.05) is 6.07 Å². The van der Waals surface area contributed by atoms with Crippen molar-refractivity contribution < 1.29 is 17.9 Å². The molecule has 2 aliphatic heterocycles. The number of carbonyl (C=O) groups excluding carboxylic acids is 1. The monoisotopic (exact) mass is 454 g/mol. The lowest BCUT2D eigenvalue weighted by atomic mass is 10.1. The fourth-order valence-corrected chi connectivity index (χ4v) is 5.45. The van der Waals surface area contributed by atoms with Gasteiger partial charge in [0.2, 0.25) is 10.0 Å². The van der Waals surface area contributed by atoms with E-state index in [-0.39, 0.29) is 10.8 Å². The summed E-state index contributed by atoms with van der Waals surface area (Å²) in [5.41, 5.74) is 2.15. The predicted molar refractivity (Wildman–Crippen MR) is 121 cm³/mol. The number of sulfonamides is 1. The summed E-state index contributed by atoms with van der Waals surface area (Å²) in [7, 11) is -3.69. The number of nitrogens with one attached hydrogen (secondary N) is 1. The molecule has 2 heterocycles. The quantitative estimate of drug-likeness (QED) is 0.745. The minimum Gasteiger partial charge on any atom is -0.379 e. The first kappa shape index (κ1) is 22.3. The Morgan fingerprint density at radius 2 is 1.66 bits per heavy atom. The van der Waals surface area contributed by atoms with Crippen LogP contribution in [0.15, 0.2) is 47.4 Å². The molecule has 0 aliphatic carbocycles. The molecule has 1 amide bonds. The number of piperidine rings is 1. The van der Waals surface area contributed by atoms with Crippen LogP contribution in [0.1, 0.15) is 35.2 Å². The number of morpholine rings is 1. The lowest BCUT2D eigenvalue weighted by molar-refractivity contribution is 0.0730. The Balaban J connectivity index is 1.67. The second-order valence-electron chi connectivity index (χ2n) is 7.89. The van der Waals surface area contributed by atoms with Crippen LogP contribution in [0.2, 0.25) is 0 Å². The summed E-state index contributed by atoms with van der Waals surface area (Å²) < 4.78 is 33.0. The number of carbonyl (C=O) groups is 1. The molecule has 32 heavy (non-hydrogen) atoms. The molecule has 0 bridgehead atoms. The first-order valence-electron chi connectivity index (χ1n) is 10.8. The number of benzene rings is 2. The van der Waals surface area contributed by atoms with Gasteiger partial charge in [-0.1, -0.05) is 0 Å². The van der Waals surface area contributed by atoms with E-state index in [1.54, 1.807) is 42.5 Å². The summed E-state index contributed by atoms with van der Waals surface area (Å²) in [5, 5.41) is 11.9. The lowest BCUT2D eigenvalue weighted by Crippen LogP contribution is -2.40. The minimum atomic E-state index is -3.69. The zero-order valence-corrected chi connectivity index (χ0v) is 18.6. The third kappa shape index (κ3) is 4.78. The van der Waals surface area contributed by atoms with Crippen molar-refractivity contribution in [2.24, 2.45) is 0 Å². The first-order valence-corrected chi connectivity index (χ1v) is 12.2. The maximum Gasteiger partial charge on any atom is 0.255 e. The molecule has 2 aromatic carbocycles. The van der Waals surface area contributed by atoms with Gasteiger partial charge >= 0.3 is 0 Å². The summed E-state index contributed by atoms with van der Waals surface area (Å²) in [4.78, 5) is 15.3.